The molecule has 28 heavy (non-hydrogen) atoms. The smallest absolute Gasteiger partial charge is 0.262 e. The van der Waals surface area contributed by atoms with Gasteiger partial charge in [-0.2, -0.15) is 4.57 Å². The van der Waals surface area contributed by atoms with Crippen molar-refractivity contribution in [2.75, 3.05) is 19.0 Å². The van der Waals surface area contributed by atoms with E-state index < -0.39 is 0 Å². The molecular formula is C25H27N2S+. The standard InChI is InChI=1S/C25H27N2S/c1-4-5-18-27-23-16-13-20-8-6-7-9-22(20)25(23)28-24(27)17-12-19-10-14-21(15-11-19)26(2)3/h6-17H,4-5,18H2,1-3H3/q+1. The zero-order valence-corrected chi connectivity index (χ0v) is 17.7. The van der Waals surface area contributed by atoms with Crippen LogP contribution in [0, 0.1) is 0 Å². The van der Waals surface area contributed by atoms with Gasteiger partial charge in [-0.25, -0.2) is 0 Å². The maximum absolute atomic E-state index is 2.49. The van der Waals surface area contributed by atoms with Crippen LogP contribution in [0.4, 0.5) is 5.69 Å². The summed E-state index contributed by atoms with van der Waals surface area (Å²) in [6.45, 7) is 3.32. The molecule has 0 radical (unpaired) electrons. The van der Waals surface area contributed by atoms with Gasteiger partial charge in [0.1, 0.15) is 4.70 Å². The van der Waals surface area contributed by atoms with Crippen LogP contribution in [0.25, 0.3) is 33.1 Å². The molecule has 0 aliphatic heterocycles. The SMILES string of the molecule is CCCC[n+]1c(C=Cc2ccc(N(C)C)cc2)sc2c3ccccc3ccc21. The lowest BCUT2D eigenvalue weighted by atomic mass is 10.1. The molecule has 3 heteroatoms. The molecule has 0 amide bonds. The third-order valence-electron chi connectivity index (χ3n) is 5.19. The van der Waals surface area contributed by atoms with Crippen LogP contribution in [0.15, 0.2) is 60.7 Å². The molecule has 2 nitrogen and oxygen atoms in total. The first-order valence-electron chi connectivity index (χ1n) is 9.97. The monoisotopic (exact) mass is 387 g/mol. The van der Waals surface area contributed by atoms with Gasteiger partial charge in [-0.15, -0.1) is 0 Å². The molecule has 3 aromatic carbocycles. The van der Waals surface area contributed by atoms with Crippen molar-refractivity contribution in [2.45, 2.75) is 26.3 Å². The molecule has 0 saturated heterocycles. The molecule has 0 atom stereocenters. The Kier molecular flexibility index (Phi) is 5.45. The van der Waals surface area contributed by atoms with Gasteiger partial charge in [-0.05, 0) is 35.2 Å². The van der Waals surface area contributed by atoms with Gasteiger partial charge < -0.3 is 4.90 Å². The van der Waals surface area contributed by atoms with E-state index in [0.29, 0.717) is 0 Å². The highest BCUT2D eigenvalue weighted by molar-refractivity contribution is 7.19. The summed E-state index contributed by atoms with van der Waals surface area (Å²) in [6.07, 6.45) is 6.91. The molecule has 0 saturated carbocycles. The van der Waals surface area contributed by atoms with Gasteiger partial charge in [-0.3, -0.25) is 0 Å². The number of benzene rings is 3. The lowest BCUT2D eigenvalue weighted by Crippen LogP contribution is -2.34. The Hall–Kier alpha value is -2.65. The summed E-state index contributed by atoms with van der Waals surface area (Å²) in [5.41, 5.74) is 3.80. The van der Waals surface area contributed by atoms with E-state index in [0.717, 1.165) is 6.54 Å². The summed E-state index contributed by atoms with van der Waals surface area (Å²) in [7, 11) is 4.14. The zero-order chi connectivity index (χ0) is 19.5. The van der Waals surface area contributed by atoms with Crippen molar-refractivity contribution in [1.29, 1.82) is 0 Å². The first kappa shape index (κ1) is 18.7. The maximum Gasteiger partial charge on any atom is 0.262 e. The molecule has 1 heterocycles. The largest absolute Gasteiger partial charge is 0.378 e. The molecule has 0 aliphatic carbocycles. The van der Waals surface area contributed by atoms with E-state index in [4.69, 9.17) is 0 Å². The van der Waals surface area contributed by atoms with E-state index in [2.05, 4.69) is 103 Å². The summed E-state index contributed by atoms with van der Waals surface area (Å²) in [4.78, 5) is 2.13. The summed E-state index contributed by atoms with van der Waals surface area (Å²) in [5, 5.41) is 3.98. The average Bonchev–Trinajstić information content (AvgIpc) is 3.09. The molecule has 4 aromatic rings. The second-order valence-corrected chi connectivity index (χ2v) is 8.43. The van der Waals surface area contributed by atoms with E-state index >= 15 is 0 Å². The van der Waals surface area contributed by atoms with E-state index in [1.165, 1.54) is 50.1 Å². The molecular weight excluding hydrogens is 360 g/mol. The maximum atomic E-state index is 2.49. The summed E-state index contributed by atoms with van der Waals surface area (Å²) < 4.78 is 3.87. The van der Waals surface area contributed by atoms with Gasteiger partial charge >= 0.3 is 0 Å². The van der Waals surface area contributed by atoms with Crippen LogP contribution < -0.4 is 9.47 Å². The molecule has 4 rings (SSSR count). The molecule has 0 aliphatic rings. The number of rotatable bonds is 6. The lowest BCUT2D eigenvalue weighted by Gasteiger charge is -2.11. The van der Waals surface area contributed by atoms with Crippen LogP contribution in [-0.4, -0.2) is 14.1 Å². The van der Waals surface area contributed by atoms with Crippen molar-refractivity contribution in [2.24, 2.45) is 0 Å². The quantitative estimate of drug-likeness (QED) is 0.348. The van der Waals surface area contributed by atoms with Gasteiger partial charge in [-0.1, -0.05) is 61.1 Å². The fraction of sp³-hybridized carbons (Fsp3) is 0.240. The highest BCUT2D eigenvalue weighted by Crippen LogP contribution is 2.30. The molecule has 0 bridgehead atoms. The van der Waals surface area contributed by atoms with E-state index in [1.807, 2.05) is 11.3 Å². The number of fused-ring (bicyclic) bond motifs is 3. The van der Waals surface area contributed by atoms with Gasteiger partial charge in [0.05, 0.1) is 0 Å². The summed E-state index contributed by atoms with van der Waals surface area (Å²) in [5.74, 6) is 0. The highest BCUT2D eigenvalue weighted by Gasteiger charge is 2.19. The van der Waals surface area contributed by atoms with Crippen molar-refractivity contribution >= 4 is 50.2 Å². The molecule has 0 fully saturated rings. The van der Waals surface area contributed by atoms with Crippen molar-refractivity contribution < 1.29 is 4.57 Å². The number of thiazole rings is 1. The third kappa shape index (κ3) is 3.67. The fourth-order valence-electron chi connectivity index (χ4n) is 3.55. The van der Waals surface area contributed by atoms with Gasteiger partial charge in [0.25, 0.3) is 5.01 Å². The average molecular weight is 388 g/mol. The topological polar surface area (TPSA) is 7.12 Å². The van der Waals surface area contributed by atoms with E-state index in [9.17, 15) is 0 Å². The molecule has 0 unspecified atom stereocenters. The van der Waals surface area contributed by atoms with Crippen LogP contribution in [0.5, 0.6) is 0 Å². The number of unbranched alkanes of at least 4 members (excludes halogenated alkanes) is 1. The zero-order valence-electron chi connectivity index (χ0n) is 16.9. The number of hydrogen-bond donors (Lipinski definition) is 0. The minimum absolute atomic E-state index is 1.06. The molecule has 0 spiro atoms. The Balaban J connectivity index is 1.77. The number of aryl methyl sites for hydroxylation is 1. The third-order valence-corrected chi connectivity index (χ3v) is 6.38. The van der Waals surface area contributed by atoms with Crippen LogP contribution >= 0.6 is 11.3 Å². The number of anilines is 1. The van der Waals surface area contributed by atoms with Crippen LogP contribution in [-0.2, 0) is 6.54 Å². The Morgan fingerprint density at radius 2 is 1.71 bits per heavy atom. The van der Waals surface area contributed by atoms with E-state index in [-0.39, 0.29) is 0 Å². The number of hydrogen-bond acceptors (Lipinski definition) is 2. The summed E-state index contributed by atoms with van der Waals surface area (Å²) in [6, 6.07) is 21.9. The fourth-order valence-corrected chi connectivity index (χ4v) is 4.78. The van der Waals surface area contributed by atoms with Crippen molar-refractivity contribution in [3.8, 4) is 0 Å². The minimum atomic E-state index is 1.06. The van der Waals surface area contributed by atoms with Gasteiger partial charge in [0.2, 0.25) is 5.52 Å². The Morgan fingerprint density at radius 3 is 2.46 bits per heavy atom. The Labute approximate surface area is 171 Å². The Bertz CT molecular complexity index is 1120. The number of aromatic nitrogens is 1. The first-order valence-corrected chi connectivity index (χ1v) is 10.8. The molecule has 0 N–H and O–H groups in total. The lowest BCUT2D eigenvalue weighted by molar-refractivity contribution is -0.669. The van der Waals surface area contributed by atoms with Crippen molar-refractivity contribution in [1.82, 2.24) is 0 Å². The predicted octanol–water partition coefficient (Wildman–Crippen LogP) is 6.38. The van der Waals surface area contributed by atoms with Gasteiger partial charge in [0.15, 0.2) is 6.54 Å². The number of nitrogens with zero attached hydrogens (tertiary/aromatic N) is 2. The minimum Gasteiger partial charge on any atom is -0.378 e. The second kappa shape index (κ2) is 8.15. The normalized spacial score (nSPS) is 11.7. The predicted molar refractivity (Wildman–Crippen MR) is 124 cm³/mol. The van der Waals surface area contributed by atoms with Gasteiger partial charge in [0, 0.05) is 43.7 Å². The molecule has 1 aromatic heterocycles. The second-order valence-electron chi connectivity index (χ2n) is 7.40. The van der Waals surface area contributed by atoms with Crippen LogP contribution in [0.2, 0.25) is 0 Å². The van der Waals surface area contributed by atoms with Crippen molar-refractivity contribution in [3.05, 3.63) is 71.2 Å². The van der Waals surface area contributed by atoms with Crippen LogP contribution in [0.1, 0.15) is 30.3 Å². The highest BCUT2D eigenvalue weighted by atomic mass is 32.1. The van der Waals surface area contributed by atoms with E-state index in [1.54, 1.807) is 0 Å². The van der Waals surface area contributed by atoms with Crippen molar-refractivity contribution in [3.63, 3.8) is 0 Å². The molecule has 142 valence electrons. The van der Waals surface area contributed by atoms with Crippen LogP contribution in [0.3, 0.4) is 0 Å². The summed E-state index contributed by atoms with van der Waals surface area (Å²) >= 11 is 1.90. The first-order chi connectivity index (χ1) is 13.7. The Morgan fingerprint density at radius 1 is 0.929 bits per heavy atom.